The molecule has 0 aliphatic carbocycles. The lowest BCUT2D eigenvalue weighted by atomic mass is 10.3. The first-order chi connectivity index (χ1) is 6.40. The van der Waals surface area contributed by atoms with Crippen molar-refractivity contribution < 1.29 is 4.74 Å². The van der Waals surface area contributed by atoms with Crippen molar-refractivity contribution in [3.63, 3.8) is 0 Å². The van der Waals surface area contributed by atoms with Crippen LogP contribution in [-0.2, 0) is 11.5 Å². The number of tetrazole rings is 1. The molecule has 2 rings (SSSR count). The third kappa shape index (κ3) is 1.73. The Morgan fingerprint density at radius 2 is 2.54 bits per heavy atom. The van der Waals surface area contributed by atoms with E-state index < -0.39 is 0 Å². The van der Waals surface area contributed by atoms with Crippen molar-refractivity contribution >= 4 is 11.3 Å². The quantitative estimate of drug-likeness (QED) is 0.735. The molecule has 5 nitrogen and oxygen atoms in total. The van der Waals surface area contributed by atoms with Gasteiger partial charge in [0.1, 0.15) is 0 Å². The number of aromatic nitrogens is 4. The zero-order chi connectivity index (χ0) is 9.10. The maximum absolute atomic E-state index is 4.86. The van der Waals surface area contributed by atoms with Gasteiger partial charge in [-0.3, -0.25) is 0 Å². The summed E-state index contributed by atoms with van der Waals surface area (Å²) in [5, 5.41) is 15.8. The van der Waals surface area contributed by atoms with Gasteiger partial charge in [0, 0.05) is 18.1 Å². The Morgan fingerprint density at radius 1 is 1.62 bits per heavy atom. The minimum absolute atomic E-state index is 0.330. The zero-order valence-electron chi connectivity index (χ0n) is 7.04. The van der Waals surface area contributed by atoms with Crippen molar-refractivity contribution in [3.8, 4) is 11.4 Å². The van der Waals surface area contributed by atoms with Crippen LogP contribution in [0.4, 0.5) is 0 Å². The number of nitrogens with zero attached hydrogens (tertiary/aromatic N) is 4. The van der Waals surface area contributed by atoms with Crippen molar-refractivity contribution in [1.29, 1.82) is 0 Å². The van der Waals surface area contributed by atoms with Crippen molar-refractivity contribution in [2.45, 2.75) is 6.73 Å². The van der Waals surface area contributed by atoms with Crippen LogP contribution in [0.25, 0.3) is 11.4 Å². The maximum atomic E-state index is 4.86. The van der Waals surface area contributed by atoms with E-state index in [1.807, 2.05) is 16.8 Å². The Labute approximate surface area is 79.0 Å². The van der Waals surface area contributed by atoms with Gasteiger partial charge in [0.25, 0.3) is 0 Å². The van der Waals surface area contributed by atoms with E-state index in [1.165, 1.54) is 4.80 Å². The van der Waals surface area contributed by atoms with Crippen LogP contribution in [0.15, 0.2) is 16.8 Å². The molecule has 13 heavy (non-hydrogen) atoms. The zero-order valence-corrected chi connectivity index (χ0v) is 7.86. The van der Waals surface area contributed by atoms with E-state index in [9.17, 15) is 0 Å². The average molecular weight is 196 g/mol. The number of rotatable bonds is 3. The minimum atomic E-state index is 0.330. The molecule has 0 amide bonds. The van der Waals surface area contributed by atoms with Gasteiger partial charge in [-0.25, -0.2) is 0 Å². The Balaban J connectivity index is 2.23. The lowest BCUT2D eigenvalue weighted by Gasteiger charge is -1.92. The van der Waals surface area contributed by atoms with Crippen LogP contribution in [0.1, 0.15) is 0 Å². The van der Waals surface area contributed by atoms with Gasteiger partial charge in [-0.15, -0.1) is 15.0 Å². The summed E-state index contributed by atoms with van der Waals surface area (Å²) in [4.78, 5) is 1.41. The summed E-state index contributed by atoms with van der Waals surface area (Å²) >= 11 is 1.61. The Morgan fingerprint density at radius 3 is 3.23 bits per heavy atom. The highest BCUT2D eigenvalue weighted by atomic mass is 32.1. The molecule has 0 spiro atoms. The monoisotopic (exact) mass is 196 g/mol. The summed E-state index contributed by atoms with van der Waals surface area (Å²) in [6.07, 6.45) is 0. The second kappa shape index (κ2) is 3.63. The predicted molar refractivity (Wildman–Crippen MR) is 48.1 cm³/mol. The minimum Gasteiger partial charge on any atom is -0.361 e. The Bertz CT molecular complexity index is 370. The lowest BCUT2D eigenvalue weighted by Crippen LogP contribution is -2.03. The third-order valence-corrected chi connectivity index (χ3v) is 2.16. The molecule has 2 aromatic rings. The van der Waals surface area contributed by atoms with E-state index in [0.717, 1.165) is 5.56 Å². The molecule has 0 saturated carbocycles. The molecule has 2 aromatic heterocycles. The molecule has 68 valence electrons. The summed E-state index contributed by atoms with van der Waals surface area (Å²) in [7, 11) is 1.59. The number of ether oxygens (including phenoxy) is 1. The summed E-state index contributed by atoms with van der Waals surface area (Å²) in [5.74, 6) is 0.637. The predicted octanol–water partition coefficient (Wildman–Crippen LogP) is 1.01. The molecule has 0 N–H and O–H groups in total. The highest BCUT2D eigenvalue weighted by Gasteiger charge is 2.04. The Kier molecular flexibility index (Phi) is 2.33. The van der Waals surface area contributed by atoms with Crippen LogP contribution in [0, 0.1) is 0 Å². The Hall–Kier alpha value is -1.27. The second-order valence-electron chi connectivity index (χ2n) is 2.42. The molecule has 0 fully saturated rings. The van der Waals surface area contributed by atoms with E-state index in [0.29, 0.717) is 12.6 Å². The van der Waals surface area contributed by atoms with Crippen LogP contribution in [-0.4, -0.2) is 27.3 Å². The molecule has 0 aliphatic heterocycles. The maximum Gasteiger partial charge on any atom is 0.205 e. The van der Waals surface area contributed by atoms with Gasteiger partial charge in [-0.2, -0.15) is 11.3 Å². The molecule has 0 aromatic carbocycles. The molecule has 0 saturated heterocycles. The van der Waals surface area contributed by atoms with Crippen LogP contribution in [0.2, 0.25) is 0 Å². The van der Waals surface area contributed by atoms with Crippen molar-refractivity contribution in [2.24, 2.45) is 0 Å². The van der Waals surface area contributed by atoms with Gasteiger partial charge in [0.05, 0.1) is 0 Å². The number of hydrogen-bond donors (Lipinski definition) is 0. The van der Waals surface area contributed by atoms with Gasteiger partial charge in [0.2, 0.25) is 5.82 Å². The van der Waals surface area contributed by atoms with E-state index in [-0.39, 0.29) is 0 Å². The number of hydrogen-bond acceptors (Lipinski definition) is 5. The van der Waals surface area contributed by atoms with Crippen LogP contribution < -0.4 is 0 Å². The van der Waals surface area contributed by atoms with Crippen molar-refractivity contribution in [3.05, 3.63) is 16.8 Å². The average Bonchev–Trinajstić information content (AvgIpc) is 2.70. The number of thiophene rings is 1. The number of methoxy groups -OCH3 is 1. The van der Waals surface area contributed by atoms with Gasteiger partial charge in [-0.1, -0.05) is 0 Å². The van der Waals surface area contributed by atoms with E-state index in [1.54, 1.807) is 18.4 Å². The first-order valence-corrected chi connectivity index (χ1v) is 4.64. The van der Waals surface area contributed by atoms with Gasteiger partial charge in [0.15, 0.2) is 6.73 Å². The van der Waals surface area contributed by atoms with Crippen LogP contribution in [0.5, 0.6) is 0 Å². The standard InChI is InChI=1S/C7H8N4OS/c1-12-5-11-9-7(8-10-11)6-2-3-13-4-6/h2-4H,5H2,1H3. The van der Waals surface area contributed by atoms with E-state index in [4.69, 9.17) is 4.74 Å². The van der Waals surface area contributed by atoms with E-state index >= 15 is 0 Å². The fraction of sp³-hybridized carbons (Fsp3) is 0.286. The van der Waals surface area contributed by atoms with Gasteiger partial charge in [-0.05, 0) is 16.7 Å². The molecule has 0 aliphatic rings. The van der Waals surface area contributed by atoms with Crippen molar-refractivity contribution in [1.82, 2.24) is 20.2 Å². The molecular weight excluding hydrogens is 188 g/mol. The first-order valence-electron chi connectivity index (χ1n) is 3.69. The molecule has 2 heterocycles. The fourth-order valence-electron chi connectivity index (χ4n) is 0.921. The van der Waals surface area contributed by atoms with Crippen LogP contribution in [0.3, 0.4) is 0 Å². The fourth-order valence-corrected chi connectivity index (χ4v) is 1.55. The molecule has 0 unspecified atom stereocenters. The lowest BCUT2D eigenvalue weighted by molar-refractivity contribution is 0.107. The topological polar surface area (TPSA) is 52.8 Å². The summed E-state index contributed by atoms with van der Waals surface area (Å²) in [6, 6.07) is 1.96. The molecule has 0 atom stereocenters. The molecule has 6 heteroatoms. The molecule has 0 radical (unpaired) electrons. The first kappa shape index (κ1) is 8.33. The summed E-state index contributed by atoms with van der Waals surface area (Å²) in [5.41, 5.74) is 0.993. The summed E-state index contributed by atoms with van der Waals surface area (Å²) in [6.45, 7) is 0.330. The van der Waals surface area contributed by atoms with E-state index in [2.05, 4.69) is 15.4 Å². The smallest absolute Gasteiger partial charge is 0.205 e. The summed E-state index contributed by atoms with van der Waals surface area (Å²) < 4.78 is 4.86. The van der Waals surface area contributed by atoms with Gasteiger partial charge < -0.3 is 4.74 Å². The highest BCUT2D eigenvalue weighted by Crippen LogP contribution is 2.16. The second-order valence-corrected chi connectivity index (χ2v) is 3.20. The largest absolute Gasteiger partial charge is 0.361 e. The molecular formula is C7H8N4OS. The van der Waals surface area contributed by atoms with Crippen LogP contribution >= 0.6 is 11.3 Å². The third-order valence-electron chi connectivity index (χ3n) is 1.48. The highest BCUT2D eigenvalue weighted by molar-refractivity contribution is 7.08. The van der Waals surface area contributed by atoms with Crippen molar-refractivity contribution in [2.75, 3.05) is 7.11 Å². The SMILES string of the molecule is COCn1nnc(-c2ccsc2)n1. The molecule has 0 bridgehead atoms. The normalized spacial score (nSPS) is 10.5. The van der Waals surface area contributed by atoms with Gasteiger partial charge >= 0.3 is 0 Å².